The smallest absolute Gasteiger partial charge is 0.144 e. The van der Waals surface area contributed by atoms with Crippen molar-refractivity contribution in [1.82, 2.24) is 9.97 Å². The Labute approximate surface area is 83.5 Å². The second-order valence-electron chi connectivity index (χ2n) is 3.74. The Bertz CT molecular complexity index is 248. The van der Waals surface area contributed by atoms with Gasteiger partial charge < -0.3 is 5.32 Å². The van der Waals surface area contributed by atoms with Crippen molar-refractivity contribution < 1.29 is 0 Å². The molecule has 0 bridgehead atoms. The predicted molar refractivity (Wildman–Crippen MR) is 55.0 cm³/mol. The van der Waals surface area contributed by atoms with Gasteiger partial charge in [0, 0.05) is 24.8 Å². The summed E-state index contributed by atoms with van der Waals surface area (Å²) in [5.41, 5.74) is 0.0824. The average molecular weight is 200 g/mol. The van der Waals surface area contributed by atoms with Gasteiger partial charge in [-0.25, -0.2) is 4.98 Å². The first-order valence-electron chi connectivity index (χ1n) is 4.20. The van der Waals surface area contributed by atoms with Crippen LogP contribution >= 0.6 is 11.6 Å². The van der Waals surface area contributed by atoms with Gasteiger partial charge in [-0.3, -0.25) is 4.98 Å². The van der Waals surface area contributed by atoms with Crippen LogP contribution in [0, 0.1) is 5.41 Å². The van der Waals surface area contributed by atoms with Gasteiger partial charge in [-0.05, 0) is 5.41 Å². The maximum atomic E-state index is 5.78. The summed E-state index contributed by atoms with van der Waals surface area (Å²) in [4.78, 5) is 8.05. The molecule has 72 valence electrons. The highest BCUT2D eigenvalue weighted by Crippen LogP contribution is 2.16. The van der Waals surface area contributed by atoms with E-state index in [4.69, 9.17) is 11.6 Å². The molecule has 0 radical (unpaired) electrons. The van der Waals surface area contributed by atoms with Crippen LogP contribution in [0.3, 0.4) is 0 Å². The van der Waals surface area contributed by atoms with E-state index in [2.05, 4.69) is 29.1 Å². The van der Waals surface area contributed by atoms with Crippen molar-refractivity contribution in [3.8, 4) is 0 Å². The normalized spacial score (nSPS) is 11.3. The number of halogens is 1. The molecule has 0 aromatic carbocycles. The lowest BCUT2D eigenvalue weighted by Crippen LogP contribution is -2.25. The van der Waals surface area contributed by atoms with Crippen molar-refractivity contribution in [2.24, 2.45) is 5.41 Å². The number of hydrogen-bond acceptors (Lipinski definition) is 3. The lowest BCUT2D eigenvalue weighted by Gasteiger charge is -2.21. The van der Waals surface area contributed by atoms with Gasteiger partial charge in [0.25, 0.3) is 0 Å². The quantitative estimate of drug-likeness (QED) is 0.756. The molecule has 0 aliphatic rings. The maximum absolute atomic E-state index is 5.78. The van der Waals surface area contributed by atoms with Crippen LogP contribution in [0.1, 0.15) is 13.8 Å². The molecule has 1 heterocycles. The van der Waals surface area contributed by atoms with E-state index < -0.39 is 0 Å². The van der Waals surface area contributed by atoms with E-state index in [0.29, 0.717) is 5.88 Å². The van der Waals surface area contributed by atoms with E-state index in [9.17, 15) is 0 Å². The predicted octanol–water partition coefficient (Wildman–Crippen LogP) is 2.15. The van der Waals surface area contributed by atoms with Crippen molar-refractivity contribution in [1.29, 1.82) is 0 Å². The Hall–Kier alpha value is -0.830. The molecule has 0 atom stereocenters. The highest BCUT2D eigenvalue weighted by molar-refractivity contribution is 6.18. The van der Waals surface area contributed by atoms with Crippen LogP contribution < -0.4 is 5.32 Å². The van der Waals surface area contributed by atoms with Crippen LogP contribution in [0.4, 0.5) is 5.82 Å². The van der Waals surface area contributed by atoms with Crippen molar-refractivity contribution in [3.05, 3.63) is 18.6 Å². The second kappa shape index (κ2) is 4.42. The van der Waals surface area contributed by atoms with Crippen LogP contribution in [0.15, 0.2) is 18.6 Å². The zero-order chi connectivity index (χ0) is 9.73. The summed E-state index contributed by atoms with van der Waals surface area (Å²) in [7, 11) is 0. The lowest BCUT2D eigenvalue weighted by atomic mass is 9.97. The number of alkyl halides is 1. The third-order valence-electron chi connectivity index (χ3n) is 1.67. The van der Waals surface area contributed by atoms with Gasteiger partial charge >= 0.3 is 0 Å². The first-order chi connectivity index (χ1) is 6.14. The van der Waals surface area contributed by atoms with Crippen LogP contribution in [0.5, 0.6) is 0 Å². The summed E-state index contributed by atoms with van der Waals surface area (Å²) in [6.45, 7) is 5.00. The SMILES string of the molecule is CC(C)(CCl)CNc1cnccn1. The average Bonchev–Trinajstić information content (AvgIpc) is 2.17. The number of hydrogen-bond donors (Lipinski definition) is 1. The molecule has 3 nitrogen and oxygen atoms in total. The monoisotopic (exact) mass is 199 g/mol. The number of anilines is 1. The topological polar surface area (TPSA) is 37.8 Å². The van der Waals surface area contributed by atoms with Crippen molar-refractivity contribution in [2.45, 2.75) is 13.8 Å². The fraction of sp³-hybridized carbons (Fsp3) is 0.556. The van der Waals surface area contributed by atoms with E-state index >= 15 is 0 Å². The Morgan fingerprint density at radius 3 is 2.77 bits per heavy atom. The molecule has 0 saturated heterocycles. The molecular formula is C9H14ClN3. The van der Waals surface area contributed by atoms with Crippen molar-refractivity contribution >= 4 is 17.4 Å². The van der Waals surface area contributed by atoms with E-state index in [1.165, 1.54) is 0 Å². The Morgan fingerprint density at radius 2 is 2.23 bits per heavy atom. The number of rotatable bonds is 4. The van der Waals surface area contributed by atoms with Gasteiger partial charge in [-0.2, -0.15) is 0 Å². The van der Waals surface area contributed by atoms with E-state index in [1.54, 1.807) is 18.6 Å². The van der Waals surface area contributed by atoms with Crippen molar-refractivity contribution in [2.75, 3.05) is 17.7 Å². The molecule has 1 rings (SSSR count). The third-order valence-corrected chi connectivity index (χ3v) is 2.40. The largest absolute Gasteiger partial charge is 0.368 e. The Kier molecular flexibility index (Phi) is 3.48. The zero-order valence-corrected chi connectivity index (χ0v) is 8.67. The Balaban J connectivity index is 2.44. The Morgan fingerprint density at radius 1 is 1.46 bits per heavy atom. The first-order valence-corrected chi connectivity index (χ1v) is 4.73. The van der Waals surface area contributed by atoms with Crippen molar-refractivity contribution in [3.63, 3.8) is 0 Å². The van der Waals surface area contributed by atoms with Crippen LogP contribution in [0.2, 0.25) is 0 Å². The molecule has 0 amide bonds. The fourth-order valence-electron chi connectivity index (χ4n) is 0.767. The molecule has 13 heavy (non-hydrogen) atoms. The molecule has 0 aliphatic heterocycles. The molecule has 1 aromatic rings. The van der Waals surface area contributed by atoms with Gasteiger partial charge in [-0.1, -0.05) is 13.8 Å². The highest BCUT2D eigenvalue weighted by atomic mass is 35.5. The highest BCUT2D eigenvalue weighted by Gasteiger charge is 2.15. The van der Waals surface area contributed by atoms with Crippen LogP contribution in [-0.2, 0) is 0 Å². The molecular weight excluding hydrogens is 186 g/mol. The second-order valence-corrected chi connectivity index (χ2v) is 4.01. The summed E-state index contributed by atoms with van der Waals surface area (Å²) < 4.78 is 0. The van der Waals surface area contributed by atoms with Gasteiger partial charge in [0.2, 0.25) is 0 Å². The zero-order valence-electron chi connectivity index (χ0n) is 7.92. The van der Waals surface area contributed by atoms with Gasteiger partial charge in [0.1, 0.15) is 5.82 Å². The van der Waals surface area contributed by atoms with Gasteiger partial charge in [0.15, 0.2) is 0 Å². The standard InChI is InChI=1S/C9H14ClN3/c1-9(2,6-10)7-13-8-5-11-3-4-12-8/h3-5H,6-7H2,1-2H3,(H,12,13). The summed E-state index contributed by atoms with van der Waals surface area (Å²) >= 11 is 5.78. The number of nitrogens with one attached hydrogen (secondary N) is 1. The lowest BCUT2D eigenvalue weighted by molar-refractivity contribution is 0.449. The van der Waals surface area contributed by atoms with E-state index in [1.807, 2.05) is 0 Å². The van der Waals surface area contributed by atoms with Crippen LogP contribution in [-0.4, -0.2) is 22.4 Å². The molecule has 1 aromatic heterocycles. The maximum Gasteiger partial charge on any atom is 0.144 e. The molecule has 4 heteroatoms. The van der Waals surface area contributed by atoms with Gasteiger partial charge in [-0.15, -0.1) is 11.6 Å². The van der Waals surface area contributed by atoms with Gasteiger partial charge in [0.05, 0.1) is 6.20 Å². The molecule has 0 saturated carbocycles. The third kappa shape index (κ3) is 3.59. The fourth-order valence-corrected chi connectivity index (χ4v) is 0.862. The first kappa shape index (κ1) is 10.3. The molecule has 0 aliphatic carbocycles. The minimum absolute atomic E-state index is 0.0824. The van der Waals surface area contributed by atoms with Crippen LogP contribution in [0.25, 0.3) is 0 Å². The minimum atomic E-state index is 0.0824. The summed E-state index contributed by atoms with van der Waals surface area (Å²) in [6, 6.07) is 0. The summed E-state index contributed by atoms with van der Waals surface area (Å²) in [5.74, 6) is 1.42. The number of nitrogens with zero attached hydrogens (tertiary/aromatic N) is 2. The summed E-state index contributed by atoms with van der Waals surface area (Å²) in [6.07, 6.45) is 5.01. The van der Waals surface area contributed by atoms with E-state index in [0.717, 1.165) is 12.4 Å². The molecule has 0 fully saturated rings. The molecule has 1 N–H and O–H groups in total. The minimum Gasteiger partial charge on any atom is -0.368 e. The number of aromatic nitrogens is 2. The van der Waals surface area contributed by atoms with E-state index in [-0.39, 0.29) is 5.41 Å². The summed E-state index contributed by atoms with van der Waals surface area (Å²) in [5, 5.41) is 3.18. The molecule has 0 unspecified atom stereocenters. The molecule has 0 spiro atoms.